The summed E-state index contributed by atoms with van der Waals surface area (Å²) in [6.45, 7) is 6.71. The molecule has 2 rings (SSSR count). The van der Waals surface area contributed by atoms with Gasteiger partial charge in [-0.2, -0.15) is 0 Å². The van der Waals surface area contributed by atoms with Gasteiger partial charge in [-0.3, -0.25) is 4.79 Å². The van der Waals surface area contributed by atoms with Gasteiger partial charge >= 0.3 is 0 Å². The molecule has 0 fully saturated rings. The summed E-state index contributed by atoms with van der Waals surface area (Å²) < 4.78 is 13.8. The van der Waals surface area contributed by atoms with Crippen molar-refractivity contribution in [3.8, 4) is 0 Å². The van der Waals surface area contributed by atoms with Crippen molar-refractivity contribution in [3.05, 3.63) is 47.8 Å². The van der Waals surface area contributed by atoms with Crippen LogP contribution in [-0.4, -0.2) is 23.4 Å². The molecule has 106 valence electrons. The van der Waals surface area contributed by atoms with E-state index in [4.69, 9.17) is 0 Å². The maximum atomic E-state index is 13.8. The van der Waals surface area contributed by atoms with Gasteiger partial charge in [0.1, 0.15) is 5.82 Å². The van der Waals surface area contributed by atoms with Crippen LogP contribution in [0.3, 0.4) is 0 Å². The normalized spacial score (nSPS) is 12.4. The number of benzene rings is 2. The molecule has 0 aromatic heterocycles. The molecule has 2 aromatic carbocycles. The van der Waals surface area contributed by atoms with E-state index in [0.717, 1.165) is 6.42 Å². The van der Waals surface area contributed by atoms with Crippen molar-refractivity contribution in [2.45, 2.75) is 33.2 Å². The predicted molar refractivity (Wildman–Crippen MR) is 80.4 cm³/mol. The van der Waals surface area contributed by atoms with Gasteiger partial charge in [-0.1, -0.05) is 31.2 Å². The lowest BCUT2D eigenvalue weighted by molar-refractivity contribution is 0.0702. The maximum absolute atomic E-state index is 13.8. The molecule has 20 heavy (non-hydrogen) atoms. The van der Waals surface area contributed by atoms with E-state index >= 15 is 0 Å². The van der Waals surface area contributed by atoms with Crippen molar-refractivity contribution < 1.29 is 9.18 Å². The van der Waals surface area contributed by atoms with Crippen molar-refractivity contribution in [2.75, 3.05) is 6.54 Å². The third kappa shape index (κ3) is 2.53. The van der Waals surface area contributed by atoms with Gasteiger partial charge < -0.3 is 4.90 Å². The SMILES string of the molecule is CCC(C)N(CC)C(=O)c1ccc(F)c2ccccc12. The van der Waals surface area contributed by atoms with Crippen LogP contribution in [0.1, 0.15) is 37.6 Å². The summed E-state index contributed by atoms with van der Waals surface area (Å²) in [5.41, 5.74) is 0.573. The summed E-state index contributed by atoms with van der Waals surface area (Å²) in [5, 5.41) is 1.18. The summed E-state index contributed by atoms with van der Waals surface area (Å²) in [4.78, 5) is 14.5. The van der Waals surface area contributed by atoms with E-state index < -0.39 is 0 Å². The highest BCUT2D eigenvalue weighted by Crippen LogP contribution is 2.23. The van der Waals surface area contributed by atoms with E-state index in [1.54, 1.807) is 24.3 Å². The lowest BCUT2D eigenvalue weighted by Gasteiger charge is -2.27. The number of carbonyl (C=O) groups excluding carboxylic acids is 1. The van der Waals surface area contributed by atoms with E-state index in [0.29, 0.717) is 22.9 Å². The average Bonchev–Trinajstić information content (AvgIpc) is 2.48. The zero-order valence-electron chi connectivity index (χ0n) is 12.2. The molecule has 1 atom stereocenters. The van der Waals surface area contributed by atoms with Crippen LogP contribution in [-0.2, 0) is 0 Å². The molecule has 0 radical (unpaired) electrons. The van der Waals surface area contributed by atoms with Gasteiger partial charge in [0.2, 0.25) is 0 Å². The summed E-state index contributed by atoms with van der Waals surface area (Å²) in [6, 6.07) is 10.3. The first kappa shape index (κ1) is 14.5. The highest BCUT2D eigenvalue weighted by molar-refractivity contribution is 6.07. The van der Waals surface area contributed by atoms with E-state index in [1.807, 2.05) is 24.8 Å². The third-order valence-corrected chi connectivity index (χ3v) is 3.83. The first-order valence-corrected chi connectivity index (χ1v) is 7.08. The topological polar surface area (TPSA) is 20.3 Å². The molecule has 1 amide bonds. The van der Waals surface area contributed by atoms with Crippen LogP contribution in [0.4, 0.5) is 4.39 Å². The molecule has 0 spiro atoms. The zero-order chi connectivity index (χ0) is 14.7. The molecular weight excluding hydrogens is 253 g/mol. The molecule has 0 aliphatic carbocycles. The standard InChI is InChI=1S/C17H20FNO/c1-4-12(3)19(5-2)17(20)15-10-11-16(18)14-9-7-6-8-13(14)15/h6-12H,4-5H2,1-3H3. The van der Waals surface area contributed by atoms with E-state index in [9.17, 15) is 9.18 Å². The monoisotopic (exact) mass is 273 g/mol. The Hall–Kier alpha value is -1.90. The molecular formula is C17H20FNO. The van der Waals surface area contributed by atoms with Crippen LogP contribution >= 0.6 is 0 Å². The van der Waals surface area contributed by atoms with Crippen molar-refractivity contribution in [1.29, 1.82) is 0 Å². The Bertz CT molecular complexity index is 623. The Labute approximate surface area is 119 Å². The fourth-order valence-corrected chi connectivity index (χ4v) is 2.48. The molecule has 0 saturated heterocycles. The number of nitrogens with zero attached hydrogens (tertiary/aromatic N) is 1. The number of fused-ring (bicyclic) bond motifs is 1. The molecule has 2 nitrogen and oxygen atoms in total. The molecule has 1 unspecified atom stereocenters. The molecule has 0 aliphatic rings. The van der Waals surface area contributed by atoms with Crippen LogP contribution in [0.2, 0.25) is 0 Å². The van der Waals surface area contributed by atoms with Crippen LogP contribution in [0, 0.1) is 5.82 Å². The van der Waals surface area contributed by atoms with Gasteiger partial charge in [-0.05, 0) is 37.8 Å². The second-order valence-electron chi connectivity index (χ2n) is 4.99. The minimum atomic E-state index is -0.288. The zero-order valence-corrected chi connectivity index (χ0v) is 12.2. The number of carbonyl (C=O) groups is 1. The number of hydrogen-bond acceptors (Lipinski definition) is 1. The average molecular weight is 273 g/mol. The van der Waals surface area contributed by atoms with Crippen LogP contribution < -0.4 is 0 Å². The highest BCUT2D eigenvalue weighted by Gasteiger charge is 2.21. The van der Waals surface area contributed by atoms with E-state index in [2.05, 4.69) is 6.92 Å². The van der Waals surface area contributed by atoms with E-state index in [1.165, 1.54) is 6.07 Å². The third-order valence-electron chi connectivity index (χ3n) is 3.83. The largest absolute Gasteiger partial charge is 0.336 e. The highest BCUT2D eigenvalue weighted by atomic mass is 19.1. The molecule has 3 heteroatoms. The summed E-state index contributed by atoms with van der Waals surface area (Å²) in [6.07, 6.45) is 0.901. The number of hydrogen-bond donors (Lipinski definition) is 0. The molecule has 2 aromatic rings. The lowest BCUT2D eigenvalue weighted by atomic mass is 10.0. The lowest BCUT2D eigenvalue weighted by Crippen LogP contribution is -2.38. The maximum Gasteiger partial charge on any atom is 0.254 e. The number of rotatable bonds is 4. The fraction of sp³-hybridized carbons (Fsp3) is 0.353. The second kappa shape index (κ2) is 6.04. The van der Waals surface area contributed by atoms with Crippen molar-refractivity contribution in [2.24, 2.45) is 0 Å². The van der Waals surface area contributed by atoms with E-state index in [-0.39, 0.29) is 17.8 Å². The van der Waals surface area contributed by atoms with Crippen LogP contribution in [0.25, 0.3) is 10.8 Å². The fourth-order valence-electron chi connectivity index (χ4n) is 2.48. The van der Waals surface area contributed by atoms with Gasteiger partial charge in [0, 0.05) is 23.5 Å². The molecule has 0 bridgehead atoms. The summed E-state index contributed by atoms with van der Waals surface area (Å²) in [5.74, 6) is -0.318. The van der Waals surface area contributed by atoms with Gasteiger partial charge in [0.15, 0.2) is 0 Å². The first-order chi connectivity index (χ1) is 9.60. The molecule has 0 aliphatic heterocycles. The number of amides is 1. The van der Waals surface area contributed by atoms with Gasteiger partial charge in [0.05, 0.1) is 0 Å². The van der Waals surface area contributed by atoms with Gasteiger partial charge in [0.25, 0.3) is 5.91 Å². The molecule has 0 heterocycles. The minimum Gasteiger partial charge on any atom is -0.336 e. The minimum absolute atomic E-state index is 0.0296. The Kier molecular flexibility index (Phi) is 4.38. The first-order valence-electron chi connectivity index (χ1n) is 7.08. The van der Waals surface area contributed by atoms with Gasteiger partial charge in [-0.15, -0.1) is 0 Å². The Morgan fingerprint density at radius 1 is 1.15 bits per heavy atom. The Balaban J connectivity index is 2.52. The number of halogens is 1. The van der Waals surface area contributed by atoms with Gasteiger partial charge in [-0.25, -0.2) is 4.39 Å². The van der Waals surface area contributed by atoms with Crippen LogP contribution in [0.5, 0.6) is 0 Å². The summed E-state index contributed by atoms with van der Waals surface area (Å²) >= 11 is 0. The summed E-state index contributed by atoms with van der Waals surface area (Å²) in [7, 11) is 0. The smallest absolute Gasteiger partial charge is 0.254 e. The van der Waals surface area contributed by atoms with Crippen molar-refractivity contribution >= 4 is 16.7 Å². The van der Waals surface area contributed by atoms with Crippen LogP contribution in [0.15, 0.2) is 36.4 Å². The van der Waals surface area contributed by atoms with Crippen molar-refractivity contribution in [1.82, 2.24) is 4.90 Å². The Morgan fingerprint density at radius 2 is 1.80 bits per heavy atom. The second-order valence-corrected chi connectivity index (χ2v) is 4.99. The quantitative estimate of drug-likeness (QED) is 0.816. The molecule has 0 N–H and O–H groups in total. The van der Waals surface area contributed by atoms with Crippen molar-refractivity contribution in [3.63, 3.8) is 0 Å². The predicted octanol–water partition coefficient (Wildman–Crippen LogP) is 4.24. The Morgan fingerprint density at radius 3 is 2.40 bits per heavy atom. The molecule has 0 saturated carbocycles.